The number of nitrogens with zero attached hydrogens (tertiary/aromatic N) is 1. The van der Waals surface area contributed by atoms with Crippen molar-refractivity contribution in [2.75, 3.05) is 0 Å². The van der Waals surface area contributed by atoms with Crippen molar-refractivity contribution in [3.63, 3.8) is 0 Å². The molecule has 4 nitrogen and oxygen atoms in total. The van der Waals surface area contributed by atoms with Gasteiger partial charge in [-0.1, -0.05) is 6.07 Å². The predicted octanol–water partition coefficient (Wildman–Crippen LogP) is 2.00. The molecule has 4 heteroatoms. The summed E-state index contributed by atoms with van der Waals surface area (Å²) < 4.78 is 0. The van der Waals surface area contributed by atoms with Crippen LogP contribution in [0.15, 0.2) is 12.1 Å². The maximum Gasteiger partial charge on any atom is 0.133 e. The van der Waals surface area contributed by atoms with Gasteiger partial charge < -0.3 is 15.5 Å². The summed E-state index contributed by atoms with van der Waals surface area (Å²) >= 11 is 0. The average molecular weight is 260 g/mol. The Bertz CT molecular complexity index is 526. The van der Waals surface area contributed by atoms with Gasteiger partial charge in [0, 0.05) is 11.6 Å². The monoisotopic (exact) mass is 260 g/mol. The maximum absolute atomic E-state index is 10.4. The van der Waals surface area contributed by atoms with Crippen molar-refractivity contribution in [1.29, 1.82) is 5.26 Å². The average Bonchev–Trinajstić information content (AvgIpc) is 2.31. The van der Waals surface area contributed by atoms with Crippen LogP contribution >= 0.6 is 0 Å². The second-order valence-corrected chi connectivity index (χ2v) is 6.12. The molecule has 0 heterocycles. The van der Waals surface area contributed by atoms with Crippen LogP contribution in [0.3, 0.4) is 0 Å². The molecule has 0 spiro atoms. The highest BCUT2D eigenvalue weighted by molar-refractivity contribution is 5.53. The Morgan fingerprint density at radius 3 is 2.63 bits per heavy atom. The third-order valence-electron chi connectivity index (χ3n) is 3.46. The largest absolute Gasteiger partial charge is 0.507 e. The first kappa shape index (κ1) is 13.9. The van der Waals surface area contributed by atoms with Gasteiger partial charge in [0.25, 0.3) is 0 Å². The lowest BCUT2D eigenvalue weighted by atomic mass is 9.82. The molecule has 0 saturated carbocycles. The summed E-state index contributed by atoms with van der Waals surface area (Å²) in [6.45, 7) is 6.19. The van der Waals surface area contributed by atoms with Gasteiger partial charge in [-0.15, -0.1) is 0 Å². The van der Waals surface area contributed by atoms with E-state index in [1.165, 1.54) is 6.07 Å². The molecule has 2 rings (SSSR count). The summed E-state index contributed by atoms with van der Waals surface area (Å²) in [6.07, 6.45) is 0.803. The van der Waals surface area contributed by atoms with E-state index in [4.69, 9.17) is 5.26 Å². The first-order chi connectivity index (χ1) is 8.83. The Labute approximate surface area is 113 Å². The molecule has 1 aromatic rings. The minimum atomic E-state index is -0.643. The van der Waals surface area contributed by atoms with Gasteiger partial charge in [0.2, 0.25) is 0 Å². The molecule has 0 bridgehead atoms. The number of nitriles is 1. The molecule has 0 unspecified atom stereocenters. The smallest absolute Gasteiger partial charge is 0.133 e. The zero-order chi connectivity index (χ0) is 14.2. The Kier molecular flexibility index (Phi) is 3.53. The van der Waals surface area contributed by atoms with Crippen molar-refractivity contribution in [1.82, 2.24) is 5.32 Å². The van der Waals surface area contributed by atoms with Crippen molar-refractivity contribution in [2.24, 2.45) is 0 Å². The van der Waals surface area contributed by atoms with Gasteiger partial charge in [-0.2, -0.15) is 5.26 Å². The summed E-state index contributed by atoms with van der Waals surface area (Å²) in [5.74, 6) is -0.00400. The molecule has 1 aromatic carbocycles. The number of phenolic OH excluding ortho intramolecular Hbond substituents is 1. The molecular weight excluding hydrogens is 240 g/mol. The van der Waals surface area contributed by atoms with Gasteiger partial charge in [0.1, 0.15) is 11.8 Å². The third kappa shape index (κ3) is 2.73. The van der Waals surface area contributed by atoms with E-state index in [0.29, 0.717) is 12.0 Å². The van der Waals surface area contributed by atoms with Gasteiger partial charge >= 0.3 is 0 Å². The highest BCUT2D eigenvalue weighted by Gasteiger charge is 2.32. The summed E-state index contributed by atoms with van der Waals surface area (Å²) in [5.41, 5.74) is 1.76. The van der Waals surface area contributed by atoms with E-state index in [2.05, 4.69) is 26.1 Å². The van der Waals surface area contributed by atoms with Gasteiger partial charge in [0.05, 0.1) is 11.7 Å². The molecule has 3 N–H and O–H groups in total. The number of rotatable bonds is 1. The molecule has 1 aliphatic carbocycles. The molecule has 0 amide bonds. The first-order valence-corrected chi connectivity index (χ1v) is 6.54. The van der Waals surface area contributed by atoms with Gasteiger partial charge in [0.15, 0.2) is 0 Å². The van der Waals surface area contributed by atoms with Crippen LogP contribution in [0, 0.1) is 11.3 Å². The molecule has 0 aromatic heterocycles. The van der Waals surface area contributed by atoms with Gasteiger partial charge in [-0.05, 0) is 50.8 Å². The lowest BCUT2D eigenvalue weighted by Gasteiger charge is -2.36. The van der Waals surface area contributed by atoms with E-state index in [9.17, 15) is 10.2 Å². The molecule has 0 aliphatic heterocycles. The number of phenols is 1. The molecule has 0 saturated heterocycles. The van der Waals surface area contributed by atoms with Gasteiger partial charge in [-0.3, -0.25) is 0 Å². The van der Waals surface area contributed by atoms with Crippen molar-refractivity contribution in [2.45, 2.75) is 51.3 Å². The minimum absolute atomic E-state index is 0.00400. The highest BCUT2D eigenvalue weighted by Crippen LogP contribution is 2.35. The van der Waals surface area contributed by atoms with E-state index in [-0.39, 0.29) is 17.3 Å². The van der Waals surface area contributed by atoms with Crippen LogP contribution in [-0.2, 0) is 6.42 Å². The fraction of sp³-hybridized carbons (Fsp3) is 0.533. The lowest BCUT2D eigenvalue weighted by Crippen LogP contribution is -2.48. The van der Waals surface area contributed by atoms with Crippen LogP contribution in [0.5, 0.6) is 5.75 Å². The number of benzene rings is 1. The Hall–Kier alpha value is -1.57. The Morgan fingerprint density at radius 1 is 1.37 bits per heavy atom. The molecule has 0 fully saturated rings. The number of aliphatic hydroxyl groups excluding tert-OH is 1. The highest BCUT2D eigenvalue weighted by atomic mass is 16.3. The fourth-order valence-electron chi connectivity index (χ4n) is 2.70. The van der Waals surface area contributed by atoms with E-state index in [1.807, 2.05) is 6.07 Å². The van der Waals surface area contributed by atoms with Crippen molar-refractivity contribution >= 4 is 0 Å². The number of hydrogen-bond donors (Lipinski definition) is 3. The SMILES string of the molecule is CC(C)(C)N[C@@H]1CCc2c(ccc(O)c2C#N)[C@@H]1O. The summed E-state index contributed by atoms with van der Waals surface area (Å²) in [4.78, 5) is 0. The number of fused-ring (bicyclic) bond motifs is 1. The molecule has 102 valence electrons. The van der Waals surface area contributed by atoms with E-state index in [1.54, 1.807) is 6.07 Å². The number of nitrogens with one attached hydrogen (secondary N) is 1. The quantitative estimate of drug-likeness (QED) is 0.722. The van der Waals surface area contributed by atoms with E-state index < -0.39 is 6.10 Å². The summed E-state index contributed by atoms with van der Waals surface area (Å²) in [5, 5.41) is 32.6. The van der Waals surface area contributed by atoms with Crippen molar-refractivity contribution < 1.29 is 10.2 Å². The zero-order valence-corrected chi connectivity index (χ0v) is 11.6. The number of hydrogen-bond acceptors (Lipinski definition) is 4. The number of aromatic hydroxyl groups is 1. The van der Waals surface area contributed by atoms with Crippen LogP contribution < -0.4 is 5.32 Å². The van der Waals surface area contributed by atoms with E-state index >= 15 is 0 Å². The predicted molar refractivity (Wildman–Crippen MR) is 72.8 cm³/mol. The minimum Gasteiger partial charge on any atom is -0.507 e. The summed E-state index contributed by atoms with van der Waals surface area (Å²) in [7, 11) is 0. The number of aliphatic hydroxyl groups is 1. The van der Waals surface area contributed by atoms with Crippen LogP contribution in [0.4, 0.5) is 0 Å². The van der Waals surface area contributed by atoms with Crippen LogP contribution in [0.25, 0.3) is 0 Å². The molecule has 2 atom stereocenters. The topological polar surface area (TPSA) is 76.3 Å². The molecule has 0 radical (unpaired) electrons. The molecule has 1 aliphatic rings. The lowest BCUT2D eigenvalue weighted by molar-refractivity contribution is 0.0999. The zero-order valence-electron chi connectivity index (χ0n) is 11.6. The second kappa shape index (κ2) is 4.84. The standard InChI is InChI=1S/C15H20N2O2/c1-15(2,3)17-12-6-4-9-10(14(12)19)5-7-13(18)11(9)8-16/h5,7,12,14,17-19H,4,6H2,1-3H3/t12-,14+/m1/s1. The molecular formula is C15H20N2O2. The second-order valence-electron chi connectivity index (χ2n) is 6.12. The normalized spacial score (nSPS) is 22.7. The van der Waals surface area contributed by atoms with Gasteiger partial charge in [-0.25, -0.2) is 0 Å². The molecule has 19 heavy (non-hydrogen) atoms. The van der Waals surface area contributed by atoms with Crippen molar-refractivity contribution in [3.05, 3.63) is 28.8 Å². The van der Waals surface area contributed by atoms with Crippen LogP contribution in [0.2, 0.25) is 0 Å². The van der Waals surface area contributed by atoms with Crippen LogP contribution in [0.1, 0.15) is 50.0 Å². The third-order valence-corrected chi connectivity index (χ3v) is 3.46. The van der Waals surface area contributed by atoms with Crippen molar-refractivity contribution in [3.8, 4) is 11.8 Å². The van der Waals surface area contributed by atoms with Crippen LogP contribution in [-0.4, -0.2) is 21.8 Å². The fourth-order valence-corrected chi connectivity index (χ4v) is 2.70. The first-order valence-electron chi connectivity index (χ1n) is 6.54. The van der Waals surface area contributed by atoms with E-state index in [0.717, 1.165) is 17.5 Å². The maximum atomic E-state index is 10.4. The Morgan fingerprint density at radius 2 is 2.05 bits per heavy atom. The summed E-state index contributed by atoms with van der Waals surface area (Å²) in [6, 6.07) is 5.20. The Balaban J connectivity index is 2.35.